The fraction of sp³-hybridized carbons (Fsp3) is 0.632. The van der Waals surface area contributed by atoms with Gasteiger partial charge in [-0.05, 0) is 54.7 Å². The van der Waals surface area contributed by atoms with Crippen molar-refractivity contribution in [3.63, 3.8) is 0 Å². The average Bonchev–Trinajstić information content (AvgIpc) is 2.90. The molecule has 2 atom stereocenters. The molecular formula is C19H26N2O2. The zero-order valence-corrected chi connectivity index (χ0v) is 13.7. The summed E-state index contributed by atoms with van der Waals surface area (Å²) in [7, 11) is 0. The van der Waals surface area contributed by atoms with Crippen LogP contribution in [0.25, 0.3) is 0 Å². The number of piperidine rings is 1. The number of benzene rings is 1. The van der Waals surface area contributed by atoms with Gasteiger partial charge in [-0.2, -0.15) is 0 Å². The summed E-state index contributed by atoms with van der Waals surface area (Å²) in [5, 5.41) is 9.44. The van der Waals surface area contributed by atoms with Crippen molar-refractivity contribution in [3.8, 4) is 0 Å². The highest BCUT2D eigenvalue weighted by atomic mass is 16.3. The Kier molecular flexibility index (Phi) is 3.50. The van der Waals surface area contributed by atoms with Crippen LogP contribution in [0.3, 0.4) is 0 Å². The molecule has 0 radical (unpaired) electrons. The lowest BCUT2D eigenvalue weighted by molar-refractivity contribution is 0.0253. The van der Waals surface area contributed by atoms with E-state index in [4.69, 9.17) is 5.73 Å². The third-order valence-corrected chi connectivity index (χ3v) is 6.61. The van der Waals surface area contributed by atoms with Crippen LogP contribution in [0, 0.1) is 17.8 Å². The first-order valence-electron chi connectivity index (χ1n) is 8.85. The zero-order valence-electron chi connectivity index (χ0n) is 13.7. The van der Waals surface area contributed by atoms with Gasteiger partial charge >= 0.3 is 0 Å². The fourth-order valence-electron chi connectivity index (χ4n) is 5.30. The molecule has 2 aliphatic carbocycles. The molecule has 3 N–H and O–H groups in total. The van der Waals surface area contributed by atoms with Gasteiger partial charge in [-0.3, -0.25) is 4.79 Å². The number of rotatable bonds is 5. The Balaban J connectivity index is 1.46. The van der Waals surface area contributed by atoms with Crippen molar-refractivity contribution >= 4 is 5.91 Å². The van der Waals surface area contributed by atoms with Crippen LogP contribution >= 0.6 is 0 Å². The van der Waals surface area contributed by atoms with Crippen molar-refractivity contribution in [2.45, 2.75) is 37.7 Å². The van der Waals surface area contributed by atoms with Gasteiger partial charge in [0.2, 0.25) is 5.91 Å². The molecule has 0 aromatic heterocycles. The highest BCUT2D eigenvalue weighted by Gasteiger charge is 2.67. The van der Waals surface area contributed by atoms with Crippen molar-refractivity contribution < 1.29 is 9.90 Å². The SMILES string of the molecule is CCC1(c2cccc(C(N)=O)c2)C2CN(CC3CC(O)C3)CC21. The largest absolute Gasteiger partial charge is 0.393 e. The molecule has 4 nitrogen and oxygen atoms in total. The van der Waals surface area contributed by atoms with Crippen molar-refractivity contribution in [2.24, 2.45) is 23.5 Å². The highest BCUT2D eigenvalue weighted by molar-refractivity contribution is 5.93. The maximum absolute atomic E-state index is 11.5. The summed E-state index contributed by atoms with van der Waals surface area (Å²) in [5.74, 6) is 1.77. The second-order valence-electron chi connectivity index (χ2n) is 7.76. The summed E-state index contributed by atoms with van der Waals surface area (Å²) in [4.78, 5) is 14.0. The minimum atomic E-state index is -0.339. The van der Waals surface area contributed by atoms with E-state index in [0.29, 0.717) is 23.3 Å². The lowest BCUT2D eigenvalue weighted by Crippen LogP contribution is -2.40. The minimum absolute atomic E-state index is 0.0524. The molecule has 1 aliphatic heterocycles. The maximum Gasteiger partial charge on any atom is 0.248 e. The molecule has 23 heavy (non-hydrogen) atoms. The molecule has 124 valence electrons. The normalized spacial score (nSPS) is 38.9. The number of primary amides is 1. The van der Waals surface area contributed by atoms with Gasteiger partial charge in [0, 0.05) is 30.6 Å². The van der Waals surface area contributed by atoms with E-state index in [1.807, 2.05) is 18.2 Å². The molecule has 1 aromatic carbocycles. The molecule has 4 rings (SSSR count). The van der Waals surface area contributed by atoms with Crippen molar-refractivity contribution in [3.05, 3.63) is 35.4 Å². The van der Waals surface area contributed by atoms with Crippen LogP contribution in [0.2, 0.25) is 0 Å². The van der Waals surface area contributed by atoms with Gasteiger partial charge in [-0.15, -0.1) is 0 Å². The Morgan fingerprint density at radius 3 is 2.61 bits per heavy atom. The van der Waals surface area contributed by atoms with E-state index in [0.717, 1.165) is 38.9 Å². The molecule has 2 saturated carbocycles. The van der Waals surface area contributed by atoms with Crippen LogP contribution in [-0.2, 0) is 5.41 Å². The Labute approximate surface area is 137 Å². The number of carbonyl (C=O) groups is 1. The van der Waals surface area contributed by atoms with E-state index < -0.39 is 0 Å². The molecule has 4 heteroatoms. The van der Waals surface area contributed by atoms with Crippen LogP contribution in [0.1, 0.15) is 42.1 Å². The van der Waals surface area contributed by atoms with Crippen molar-refractivity contribution in [2.75, 3.05) is 19.6 Å². The average molecular weight is 314 g/mol. The maximum atomic E-state index is 11.5. The van der Waals surface area contributed by atoms with Gasteiger partial charge in [0.25, 0.3) is 0 Å². The molecule has 1 heterocycles. The third-order valence-electron chi connectivity index (χ3n) is 6.61. The monoisotopic (exact) mass is 314 g/mol. The van der Waals surface area contributed by atoms with Crippen LogP contribution in [0.4, 0.5) is 0 Å². The first-order chi connectivity index (χ1) is 11.0. The van der Waals surface area contributed by atoms with Gasteiger partial charge in [0.15, 0.2) is 0 Å². The molecule has 3 fully saturated rings. The standard InChI is InChI=1S/C19H26N2O2/c1-2-19(14-5-3-4-13(8-14)18(20)23)16-10-21(11-17(16)19)9-12-6-15(22)7-12/h3-5,8,12,15-17,22H,2,6-7,9-11H2,1H3,(H2,20,23). The smallest absolute Gasteiger partial charge is 0.248 e. The molecule has 0 bridgehead atoms. The number of hydrogen-bond acceptors (Lipinski definition) is 3. The molecular weight excluding hydrogens is 288 g/mol. The van der Waals surface area contributed by atoms with Gasteiger partial charge in [-0.25, -0.2) is 0 Å². The van der Waals surface area contributed by atoms with E-state index in [9.17, 15) is 9.90 Å². The predicted molar refractivity (Wildman–Crippen MR) is 89.1 cm³/mol. The summed E-state index contributed by atoms with van der Waals surface area (Å²) >= 11 is 0. The Hall–Kier alpha value is -1.39. The number of aliphatic hydroxyl groups excluding tert-OH is 1. The van der Waals surface area contributed by atoms with Crippen LogP contribution in [0.5, 0.6) is 0 Å². The highest BCUT2D eigenvalue weighted by Crippen LogP contribution is 2.65. The number of nitrogens with two attached hydrogens (primary N) is 1. The van der Waals surface area contributed by atoms with Gasteiger partial charge in [0.05, 0.1) is 6.10 Å². The molecule has 1 saturated heterocycles. The van der Waals surface area contributed by atoms with Crippen LogP contribution in [-0.4, -0.2) is 41.7 Å². The summed E-state index contributed by atoms with van der Waals surface area (Å²) in [6.07, 6.45) is 3.03. The minimum Gasteiger partial charge on any atom is -0.393 e. The first-order valence-corrected chi connectivity index (χ1v) is 8.85. The lowest BCUT2D eigenvalue weighted by atomic mass is 9.81. The number of carbonyl (C=O) groups excluding carboxylic acids is 1. The first kappa shape index (κ1) is 15.2. The van der Waals surface area contributed by atoms with E-state index >= 15 is 0 Å². The number of fused-ring (bicyclic) bond motifs is 1. The Morgan fingerprint density at radius 1 is 1.35 bits per heavy atom. The molecule has 3 aliphatic rings. The number of aliphatic hydroxyl groups is 1. The van der Waals surface area contributed by atoms with Gasteiger partial charge in [0.1, 0.15) is 0 Å². The van der Waals surface area contributed by atoms with Gasteiger partial charge < -0.3 is 15.7 Å². The topological polar surface area (TPSA) is 66.6 Å². The predicted octanol–water partition coefficient (Wildman–Crippen LogP) is 1.77. The summed E-state index contributed by atoms with van der Waals surface area (Å²) in [6.45, 7) is 5.73. The van der Waals surface area contributed by atoms with Crippen molar-refractivity contribution in [1.29, 1.82) is 0 Å². The Bertz CT molecular complexity index is 612. The number of hydrogen-bond donors (Lipinski definition) is 2. The van der Waals surface area contributed by atoms with Crippen molar-refractivity contribution in [1.82, 2.24) is 4.90 Å². The zero-order chi connectivity index (χ0) is 16.2. The summed E-state index contributed by atoms with van der Waals surface area (Å²) in [5.41, 5.74) is 7.62. The van der Waals surface area contributed by atoms with Gasteiger partial charge in [-0.1, -0.05) is 19.1 Å². The quantitative estimate of drug-likeness (QED) is 0.870. The fourth-order valence-corrected chi connectivity index (χ4v) is 5.30. The molecule has 2 unspecified atom stereocenters. The number of amides is 1. The number of nitrogens with zero attached hydrogens (tertiary/aromatic N) is 1. The van der Waals surface area contributed by atoms with Crippen LogP contribution in [0.15, 0.2) is 24.3 Å². The molecule has 0 spiro atoms. The van der Waals surface area contributed by atoms with E-state index in [2.05, 4.69) is 17.9 Å². The molecule has 1 amide bonds. The lowest BCUT2D eigenvalue weighted by Gasteiger charge is -2.36. The van der Waals surface area contributed by atoms with E-state index in [1.54, 1.807) is 0 Å². The Morgan fingerprint density at radius 2 is 2.04 bits per heavy atom. The van der Waals surface area contributed by atoms with E-state index in [1.165, 1.54) is 5.56 Å². The van der Waals surface area contributed by atoms with E-state index in [-0.39, 0.29) is 17.4 Å². The second-order valence-corrected chi connectivity index (χ2v) is 7.76. The summed E-state index contributed by atoms with van der Waals surface area (Å²) < 4.78 is 0. The third kappa shape index (κ3) is 2.31. The second kappa shape index (κ2) is 5.32. The summed E-state index contributed by atoms with van der Waals surface area (Å²) in [6, 6.07) is 7.95. The number of likely N-dealkylation sites (tertiary alicyclic amines) is 1. The van der Waals surface area contributed by atoms with Crippen LogP contribution < -0.4 is 5.73 Å². The molecule has 1 aromatic rings.